The van der Waals surface area contributed by atoms with Crippen LogP contribution in [0.25, 0.3) is 0 Å². The summed E-state index contributed by atoms with van der Waals surface area (Å²) in [7, 11) is 0. The van der Waals surface area contributed by atoms with Gasteiger partial charge in [0.25, 0.3) is 0 Å². The van der Waals surface area contributed by atoms with Gasteiger partial charge in [0.2, 0.25) is 5.88 Å². The zero-order valence-electron chi connectivity index (χ0n) is 11.5. The Bertz CT molecular complexity index is 631. The fraction of sp³-hybridized carbons (Fsp3) is 0.312. The minimum atomic E-state index is -0.276. The smallest absolute Gasteiger partial charge is 0.213 e. The SMILES string of the molecule is Fc1ccccc1COc1ccc(Cl)c(CNC2CC2)n1. The van der Waals surface area contributed by atoms with Crippen molar-refractivity contribution in [3.63, 3.8) is 0 Å². The molecule has 1 N–H and O–H groups in total. The molecule has 0 amide bonds. The molecular weight excluding hydrogens is 291 g/mol. The minimum Gasteiger partial charge on any atom is -0.473 e. The highest BCUT2D eigenvalue weighted by atomic mass is 35.5. The number of hydrogen-bond acceptors (Lipinski definition) is 3. The van der Waals surface area contributed by atoms with Crippen LogP contribution in [0.2, 0.25) is 5.02 Å². The maximum atomic E-state index is 13.5. The lowest BCUT2D eigenvalue weighted by atomic mass is 10.2. The van der Waals surface area contributed by atoms with E-state index in [0.29, 0.717) is 29.1 Å². The van der Waals surface area contributed by atoms with Crippen molar-refractivity contribution >= 4 is 11.6 Å². The lowest BCUT2D eigenvalue weighted by molar-refractivity contribution is 0.287. The molecule has 0 aliphatic heterocycles. The molecule has 0 saturated heterocycles. The second-order valence-corrected chi connectivity index (χ2v) is 5.52. The van der Waals surface area contributed by atoms with Gasteiger partial charge in [-0.05, 0) is 25.0 Å². The molecule has 1 aliphatic carbocycles. The Morgan fingerprint density at radius 2 is 2.05 bits per heavy atom. The van der Waals surface area contributed by atoms with Gasteiger partial charge in [-0.25, -0.2) is 9.37 Å². The topological polar surface area (TPSA) is 34.1 Å². The van der Waals surface area contributed by atoms with Gasteiger partial charge in [0.15, 0.2) is 0 Å². The molecule has 1 heterocycles. The van der Waals surface area contributed by atoms with Crippen molar-refractivity contribution in [3.8, 4) is 5.88 Å². The Hall–Kier alpha value is -1.65. The van der Waals surface area contributed by atoms with Crippen molar-refractivity contribution in [2.24, 2.45) is 0 Å². The third-order valence-electron chi connectivity index (χ3n) is 3.36. The molecule has 0 unspecified atom stereocenters. The maximum Gasteiger partial charge on any atom is 0.213 e. The molecule has 5 heteroatoms. The van der Waals surface area contributed by atoms with Gasteiger partial charge in [-0.3, -0.25) is 0 Å². The molecule has 2 aromatic rings. The van der Waals surface area contributed by atoms with E-state index in [1.165, 1.54) is 18.9 Å². The third kappa shape index (κ3) is 3.93. The monoisotopic (exact) mass is 306 g/mol. The predicted molar refractivity (Wildman–Crippen MR) is 79.8 cm³/mol. The molecule has 21 heavy (non-hydrogen) atoms. The fourth-order valence-corrected chi connectivity index (χ4v) is 2.14. The Morgan fingerprint density at radius 1 is 1.24 bits per heavy atom. The van der Waals surface area contributed by atoms with Gasteiger partial charge in [0, 0.05) is 24.2 Å². The highest BCUT2D eigenvalue weighted by molar-refractivity contribution is 6.31. The van der Waals surface area contributed by atoms with Gasteiger partial charge in [0.05, 0.1) is 10.7 Å². The van der Waals surface area contributed by atoms with Crippen LogP contribution in [0.4, 0.5) is 4.39 Å². The van der Waals surface area contributed by atoms with Crippen molar-refractivity contribution in [1.29, 1.82) is 0 Å². The van der Waals surface area contributed by atoms with Crippen molar-refractivity contribution < 1.29 is 9.13 Å². The standard InChI is InChI=1S/C16H16ClFN2O/c17-13-7-8-16(20-15(13)9-19-12-5-6-12)21-10-11-3-1-2-4-14(11)18/h1-4,7-8,12,19H,5-6,9-10H2. The highest BCUT2D eigenvalue weighted by Crippen LogP contribution is 2.22. The number of rotatable bonds is 6. The normalized spacial score (nSPS) is 14.2. The molecule has 1 aliphatic rings. The molecular formula is C16H16ClFN2O. The van der Waals surface area contributed by atoms with Crippen molar-refractivity contribution in [2.45, 2.75) is 32.0 Å². The molecule has 3 rings (SSSR count). The highest BCUT2D eigenvalue weighted by Gasteiger charge is 2.20. The first-order chi connectivity index (χ1) is 10.2. The summed E-state index contributed by atoms with van der Waals surface area (Å²) in [5.41, 5.74) is 1.27. The summed E-state index contributed by atoms with van der Waals surface area (Å²) in [5.74, 6) is 0.178. The summed E-state index contributed by atoms with van der Waals surface area (Å²) in [6, 6.07) is 10.6. The molecule has 3 nitrogen and oxygen atoms in total. The summed E-state index contributed by atoms with van der Waals surface area (Å²) < 4.78 is 19.1. The van der Waals surface area contributed by atoms with Crippen LogP contribution in [0.5, 0.6) is 5.88 Å². The molecule has 0 bridgehead atoms. The maximum absolute atomic E-state index is 13.5. The molecule has 0 atom stereocenters. The van der Waals surface area contributed by atoms with Gasteiger partial charge < -0.3 is 10.1 Å². The average Bonchev–Trinajstić information content (AvgIpc) is 3.31. The molecule has 0 spiro atoms. The number of ether oxygens (including phenoxy) is 1. The van der Waals surface area contributed by atoms with E-state index in [2.05, 4.69) is 10.3 Å². The average molecular weight is 307 g/mol. The van der Waals surface area contributed by atoms with Crippen LogP contribution in [0, 0.1) is 5.82 Å². The summed E-state index contributed by atoms with van der Waals surface area (Å²) in [6.07, 6.45) is 2.42. The number of hydrogen-bond donors (Lipinski definition) is 1. The lowest BCUT2D eigenvalue weighted by Crippen LogP contribution is -2.16. The number of aromatic nitrogens is 1. The van der Waals surface area contributed by atoms with Crippen LogP contribution in [-0.4, -0.2) is 11.0 Å². The Morgan fingerprint density at radius 3 is 2.81 bits per heavy atom. The first-order valence-corrected chi connectivity index (χ1v) is 7.35. The summed E-state index contributed by atoms with van der Waals surface area (Å²) in [5, 5.41) is 3.97. The second kappa shape index (κ2) is 6.41. The van der Waals surface area contributed by atoms with Crippen LogP contribution in [0.1, 0.15) is 24.1 Å². The largest absolute Gasteiger partial charge is 0.473 e. The number of nitrogens with one attached hydrogen (secondary N) is 1. The fourth-order valence-electron chi connectivity index (χ4n) is 1.96. The van der Waals surface area contributed by atoms with E-state index < -0.39 is 0 Å². The zero-order valence-corrected chi connectivity index (χ0v) is 12.2. The van der Waals surface area contributed by atoms with E-state index in [0.717, 1.165) is 5.69 Å². The summed E-state index contributed by atoms with van der Waals surface area (Å²) in [4.78, 5) is 4.38. The quantitative estimate of drug-likeness (QED) is 0.883. The van der Waals surface area contributed by atoms with Crippen LogP contribution < -0.4 is 10.1 Å². The molecule has 110 valence electrons. The number of nitrogens with zero attached hydrogens (tertiary/aromatic N) is 1. The van der Waals surface area contributed by atoms with Crippen LogP contribution in [0.15, 0.2) is 36.4 Å². The Kier molecular flexibility index (Phi) is 4.36. The zero-order chi connectivity index (χ0) is 14.7. The van der Waals surface area contributed by atoms with Gasteiger partial charge in [0.1, 0.15) is 12.4 Å². The number of halogens is 2. The molecule has 1 aromatic carbocycles. The van der Waals surface area contributed by atoms with E-state index in [4.69, 9.17) is 16.3 Å². The van der Waals surface area contributed by atoms with E-state index in [9.17, 15) is 4.39 Å². The predicted octanol–water partition coefficient (Wildman–Crippen LogP) is 3.71. The summed E-state index contributed by atoms with van der Waals surface area (Å²) >= 11 is 6.12. The van der Waals surface area contributed by atoms with Gasteiger partial charge in [-0.1, -0.05) is 29.8 Å². The van der Waals surface area contributed by atoms with E-state index in [-0.39, 0.29) is 12.4 Å². The molecule has 1 fully saturated rings. The van der Waals surface area contributed by atoms with Crippen LogP contribution >= 0.6 is 11.6 Å². The van der Waals surface area contributed by atoms with Gasteiger partial charge >= 0.3 is 0 Å². The van der Waals surface area contributed by atoms with Gasteiger partial charge in [-0.15, -0.1) is 0 Å². The Labute approximate surface area is 128 Å². The van der Waals surface area contributed by atoms with E-state index in [1.807, 2.05) is 0 Å². The van der Waals surface area contributed by atoms with Crippen molar-refractivity contribution in [3.05, 3.63) is 58.5 Å². The minimum absolute atomic E-state index is 0.150. The molecule has 1 aromatic heterocycles. The van der Waals surface area contributed by atoms with E-state index in [1.54, 1.807) is 30.3 Å². The number of benzene rings is 1. The van der Waals surface area contributed by atoms with Crippen molar-refractivity contribution in [2.75, 3.05) is 0 Å². The van der Waals surface area contributed by atoms with Crippen LogP contribution in [-0.2, 0) is 13.2 Å². The van der Waals surface area contributed by atoms with Crippen LogP contribution in [0.3, 0.4) is 0 Å². The van der Waals surface area contributed by atoms with Gasteiger partial charge in [-0.2, -0.15) is 0 Å². The third-order valence-corrected chi connectivity index (χ3v) is 3.71. The van der Waals surface area contributed by atoms with Crippen molar-refractivity contribution in [1.82, 2.24) is 10.3 Å². The molecule has 0 radical (unpaired) electrons. The number of pyridine rings is 1. The second-order valence-electron chi connectivity index (χ2n) is 5.11. The first-order valence-electron chi connectivity index (χ1n) is 6.97. The first kappa shape index (κ1) is 14.3. The Balaban J connectivity index is 1.64. The lowest BCUT2D eigenvalue weighted by Gasteiger charge is -2.09. The summed E-state index contributed by atoms with van der Waals surface area (Å²) in [6.45, 7) is 0.775. The molecule has 1 saturated carbocycles. The van der Waals surface area contributed by atoms with E-state index >= 15 is 0 Å².